The van der Waals surface area contributed by atoms with Gasteiger partial charge in [-0.1, -0.05) is 59.7 Å². The average molecular weight is 799 g/mol. The Morgan fingerprint density at radius 1 is 0.793 bits per heavy atom. The van der Waals surface area contributed by atoms with Crippen LogP contribution in [0.5, 0.6) is 11.5 Å². The lowest BCUT2D eigenvalue weighted by Crippen LogP contribution is -2.54. The zero-order chi connectivity index (χ0) is 41.5. The first-order valence-corrected chi connectivity index (χ1v) is 20.6. The van der Waals surface area contributed by atoms with Crippen LogP contribution < -0.4 is 26.0 Å². The van der Waals surface area contributed by atoms with Crippen molar-refractivity contribution >= 4 is 35.7 Å². The van der Waals surface area contributed by atoms with E-state index < -0.39 is 24.3 Å². The SMILES string of the molecule is COC(=O)N[C@H](C(=O)N1CCCC1C1=NC(c2ccc3c(c2)Oc2ccc(C4CN=C(C5CCCN5C(=O)[C@@H](NC(=O)OC)C(C)C)N4)cc2C3(C)C)CN1)C(C)C. The van der Waals surface area contributed by atoms with Gasteiger partial charge in [0.05, 0.1) is 44.9 Å². The van der Waals surface area contributed by atoms with Crippen LogP contribution in [0.3, 0.4) is 0 Å². The number of amidine groups is 2. The summed E-state index contributed by atoms with van der Waals surface area (Å²) in [5, 5.41) is 12.6. The summed E-state index contributed by atoms with van der Waals surface area (Å²) in [5.74, 6) is 2.74. The number of carbonyl (C=O) groups excluding carboxylic acids is 4. The molecule has 0 spiro atoms. The molecule has 58 heavy (non-hydrogen) atoms. The van der Waals surface area contributed by atoms with Gasteiger partial charge in [-0.3, -0.25) is 19.6 Å². The molecule has 0 radical (unpaired) electrons. The molecule has 5 heterocycles. The predicted octanol–water partition coefficient (Wildman–Crippen LogP) is 4.95. The van der Waals surface area contributed by atoms with Crippen molar-refractivity contribution in [3.63, 3.8) is 0 Å². The van der Waals surface area contributed by atoms with E-state index in [1.54, 1.807) is 0 Å². The summed E-state index contributed by atoms with van der Waals surface area (Å²) >= 11 is 0. The van der Waals surface area contributed by atoms with Crippen LogP contribution in [-0.4, -0.2) is 110 Å². The molecule has 6 atom stereocenters. The molecule has 0 saturated carbocycles. The second-order valence-electron chi connectivity index (χ2n) is 17.2. The van der Waals surface area contributed by atoms with Crippen molar-refractivity contribution in [2.75, 3.05) is 40.4 Å². The van der Waals surface area contributed by atoms with Gasteiger partial charge < -0.3 is 45.3 Å². The molecule has 0 aliphatic carbocycles. The number of nitrogens with zero attached hydrogens (tertiary/aromatic N) is 4. The van der Waals surface area contributed by atoms with Crippen molar-refractivity contribution < 1.29 is 33.4 Å². The van der Waals surface area contributed by atoms with E-state index >= 15 is 0 Å². The molecule has 2 fully saturated rings. The molecule has 312 valence electrons. The fourth-order valence-corrected chi connectivity index (χ4v) is 9.04. The highest BCUT2D eigenvalue weighted by atomic mass is 16.5. The molecule has 2 saturated heterocycles. The van der Waals surface area contributed by atoms with E-state index in [1.165, 1.54) is 14.2 Å². The zero-order valence-corrected chi connectivity index (χ0v) is 34.9. The average Bonchev–Trinajstić information content (AvgIpc) is 4.05. The lowest BCUT2D eigenvalue weighted by Gasteiger charge is -2.35. The van der Waals surface area contributed by atoms with Gasteiger partial charge in [-0.2, -0.15) is 0 Å². The molecule has 0 bridgehead atoms. The van der Waals surface area contributed by atoms with Gasteiger partial charge in [0.2, 0.25) is 11.8 Å². The van der Waals surface area contributed by atoms with E-state index in [4.69, 9.17) is 24.2 Å². The van der Waals surface area contributed by atoms with Crippen molar-refractivity contribution in [1.82, 2.24) is 31.1 Å². The number of alkyl carbamates (subject to hydrolysis) is 2. The lowest BCUT2D eigenvalue weighted by molar-refractivity contribution is -0.135. The van der Waals surface area contributed by atoms with E-state index in [2.05, 4.69) is 65.4 Å². The smallest absolute Gasteiger partial charge is 0.407 e. The van der Waals surface area contributed by atoms with E-state index in [1.807, 2.05) is 43.6 Å². The van der Waals surface area contributed by atoms with E-state index in [0.29, 0.717) is 26.2 Å². The van der Waals surface area contributed by atoms with Crippen LogP contribution in [0.2, 0.25) is 0 Å². The van der Waals surface area contributed by atoms with Gasteiger partial charge in [0, 0.05) is 36.2 Å². The van der Waals surface area contributed by atoms with Crippen molar-refractivity contribution in [3.05, 3.63) is 58.7 Å². The maximum atomic E-state index is 13.7. The zero-order valence-electron chi connectivity index (χ0n) is 34.9. The number of hydrogen-bond acceptors (Lipinski definition) is 11. The monoisotopic (exact) mass is 798 g/mol. The summed E-state index contributed by atoms with van der Waals surface area (Å²) in [6.45, 7) is 14.4. The fourth-order valence-electron chi connectivity index (χ4n) is 9.04. The summed E-state index contributed by atoms with van der Waals surface area (Å²) in [6, 6.07) is 10.8. The lowest BCUT2D eigenvalue weighted by atomic mass is 9.74. The van der Waals surface area contributed by atoms with Crippen LogP contribution >= 0.6 is 0 Å². The molecule has 2 aromatic carbocycles. The van der Waals surface area contributed by atoms with Crippen LogP contribution in [0.25, 0.3) is 0 Å². The number of amides is 4. The molecule has 15 nitrogen and oxygen atoms in total. The second-order valence-corrected chi connectivity index (χ2v) is 17.2. The third kappa shape index (κ3) is 7.79. The number of hydrogen-bond donors (Lipinski definition) is 4. The van der Waals surface area contributed by atoms with Gasteiger partial charge in [0.15, 0.2) is 0 Å². The first-order chi connectivity index (χ1) is 27.7. The van der Waals surface area contributed by atoms with E-state index in [-0.39, 0.29) is 53.2 Å². The topological polar surface area (TPSA) is 175 Å². The number of carbonyl (C=O) groups is 4. The summed E-state index contributed by atoms with van der Waals surface area (Å²) in [6.07, 6.45) is 2.07. The Balaban J connectivity index is 1.03. The van der Waals surface area contributed by atoms with Crippen molar-refractivity contribution in [2.24, 2.45) is 21.8 Å². The third-order valence-electron chi connectivity index (χ3n) is 12.4. The summed E-state index contributed by atoms with van der Waals surface area (Å²) in [4.78, 5) is 65.1. The van der Waals surface area contributed by atoms with Gasteiger partial charge in [-0.05, 0) is 66.8 Å². The Morgan fingerprint density at radius 3 is 1.97 bits per heavy atom. The number of methoxy groups -OCH3 is 2. The normalized spacial score (nSPS) is 24.1. The molecular weight excluding hydrogens is 741 g/mol. The molecule has 4 unspecified atom stereocenters. The number of aliphatic imine (C=N–C) groups is 2. The van der Waals surface area contributed by atoms with Gasteiger partial charge in [0.25, 0.3) is 0 Å². The quantitative estimate of drug-likeness (QED) is 0.259. The Bertz CT molecular complexity index is 2000. The van der Waals surface area contributed by atoms with Crippen LogP contribution in [0, 0.1) is 11.8 Å². The summed E-state index contributed by atoms with van der Waals surface area (Å²) in [7, 11) is 2.59. The van der Waals surface area contributed by atoms with Crippen LogP contribution in [0.1, 0.15) is 102 Å². The minimum absolute atomic E-state index is 0.0557. The number of benzene rings is 2. The molecular formula is C43H58N8O7. The first-order valence-electron chi connectivity index (χ1n) is 20.6. The Labute approximate surface area is 340 Å². The van der Waals surface area contributed by atoms with E-state index in [0.717, 1.165) is 71.1 Å². The Morgan fingerprint density at radius 2 is 1.38 bits per heavy atom. The van der Waals surface area contributed by atoms with Gasteiger partial charge in [-0.25, -0.2) is 9.59 Å². The van der Waals surface area contributed by atoms with E-state index in [9.17, 15) is 19.2 Å². The molecule has 4 amide bonds. The van der Waals surface area contributed by atoms with Crippen molar-refractivity contribution in [2.45, 2.75) is 109 Å². The highest BCUT2D eigenvalue weighted by Crippen LogP contribution is 2.49. The highest BCUT2D eigenvalue weighted by Gasteiger charge is 2.42. The second kappa shape index (κ2) is 16.5. The standard InChI is InChI=1S/C43H58N8O7/c1-23(2)35(48-41(54)56-7)39(52)50-17-9-11-31(50)37-44-21-29(46-37)25-14-16-33-28(19-25)43(5,6)27-15-13-26(20-34(27)58-33)30-22-45-38(47-30)32-12-10-18-51(32)40(53)36(24(3)4)49-42(55)57-8/h13-16,19-20,23-24,29-32,35-36H,9-12,17-18,21-22H2,1-8H3,(H,44,46)(H,45,47)(H,48,54)(H,49,55)/t29?,30?,31?,32?,35-,36-/m0/s1. The maximum Gasteiger partial charge on any atom is 0.407 e. The highest BCUT2D eigenvalue weighted by molar-refractivity contribution is 5.96. The molecule has 7 rings (SSSR count). The Hall–Kier alpha value is -5.34. The summed E-state index contributed by atoms with van der Waals surface area (Å²) < 4.78 is 16.2. The van der Waals surface area contributed by atoms with Crippen LogP contribution in [0.4, 0.5) is 9.59 Å². The number of rotatable bonds is 10. The van der Waals surface area contributed by atoms with Crippen molar-refractivity contribution in [1.29, 1.82) is 0 Å². The number of nitrogens with one attached hydrogen (secondary N) is 4. The first kappa shape index (κ1) is 40.8. The largest absolute Gasteiger partial charge is 0.457 e. The minimum Gasteiger partial charge on any atom is -0.457 e. The van der Waals surface area contributed by atoms with Crippen LogP contribution in [-0.2, 0) is 24.5 Å². The fraction of sp³-hybridized carbons (Fsp3) is 0.581. The number of fused-ring (bicyclic) bond motifs is 2. The predicted molar refractivity (Wildman–Crippen MR) is 219 cm³/mol. The molecule has 5 aliphatic rings. The van der Waals surface area contributed by atoms with Crippen molar-refractivity contribution in [3.8, 4) is 11.5 Å². The molecule has 4 N–H and O–H groups in total. The molecule has 15 heteroatoms. The number of likely N-dealkylation sites (tertiary alicyclic amines) is 2. The Kier molecular flexibility index (Phi) is 11.6. The third-order valence-corrected chi connectivity index (χ3v) is 12.4. The van der Waals surface area contributed by atoms with Crippen LogP contribution in [0.15, 0.2) is 46.4 Å². The van der Waals surface area contributed by atoms with Gasteiger partial charge in [0.1, 0.15) is 35.3 Å². The summed E-state index contributed by atoms with van der Waals surface area (Å²) in [5.41, 5.74) is 3.93. The maximum absolute atomic E-state index is 13.7. The minimum atomic E-state index is -0.687. The van der Waals surface area contributed by atoms with Gasteiger partial charge in [-0.15, -0.1) is 0 Å². The molecule has 0 aromatic heterocycles. The van der Waals surface area contributed by atoms with Gasteiger partial charge >= 0.3 is 12.2 Å². The molecule has 5 aliphatic heterocycles. The number of ether oxygens (including phenoxy) is 3. The molecule has 2 aromatic rings.